The van der Waals surface area contributed by atoms with Crippen LogP contribution >= 0.6 is 0 Å². The average molecular weight is 569 g/mol. The Morgan fingerprint density at radius 2 is 0.841 bits per heavy atom. The molecular formula is C32H16N12. The third-order valence-corrected chi connectivity index (χ3v) is 6.63. The Bertz CT molecular complexity index is 1870. The molecule has 12 nitrogen and oxygen atoms in total. The minimum absolute atomic E-state index is 0.121. The smallest absolute Gasteiger partial charge is 0.206 e. The Morgan fingerprint density at radius 1 is 0.500 bits per heavy atom. The van der Waals surface area contributed by atoms with Crippen molar-refractivity contribution >= 4 is 11.4 Å². The summed E-state index contributed by atoms with van der Waals surface area (Å²) in [4.78, 5) is 45.3. The number of rotatable bonds is 4. The fourth-order valence-electron chi connectivity index (χ4n) is 4.78. The third-order valence-electron chi connectivity index (χ3n) is 6.63. The van der Waals surface area contributed by atoms with Gasteiger partial charge < -0.3 is 0 Å². The first kappa shape index (κ1) is 26.0. The van der Waals surface area contributed by atoms with E-state index in [2.05, 4.69) is 35.0 Å². The van der Waals surface area contributed by atoms with Crippen molar-refractivity contribution < 1.29 is 0 Å². The van der Waals surface area contributed by atoms with Crippen LogP contribution in [0, 0.1) is 18.0 Å². The van der Waals surface area contributed by atoms with Gasteiger partial charge in [0.25, 0.3) is 0 Å². The molecule has 6 heterocycles. The summed E-state index contributed by atoms with van der Waals surface area (Å²) in [6.07, 6.45) is 8.46. The largest absolute Gasteiger partial charge is 0.255 e. The highest BCUT2D eigenvalue weighted by Crippen LogP contribution is 2.35. The van der Waals surface area contributed by atoms with E-state index in [0.29, 0.717) is 45.6 Å². The van der Waals surface area contributed by atoms with Gasteiger partial charge in [-0.1, -0.05) is 24.3 Å². The summed E-state index contributed by atoms with van der Waals surface area (Å²) in [7, 11) is 0. The van der Waals surface area contributed by atoms with Crippen molar-refractivity contribution in [2.75, 3.05) is 0 Å². The van der Waals surface area contributed by atoms with Crippen LogP contribution in [0.25, 0.3) is 50.5 Å². The van der Waals surface area contributed by atoms with Crippen LogP contribution in [-0.4, -0.2) is 51.3 Å². The van der Waals surface area contributed by atoms with Crippen LogP contribution in [0.1, 0.15) is 22.8 Å². The topological polar surface area (TPSA) is 156 Å². The van der Waals surface area contributed by atoms with E-state index in [9.17, 15) is 5.26 Å². The van der Waals surface area contributed by atoms with Gasteiger partial charge in [-0.3, -0.25) is 19.9 Å². The number of hydrogen-bond acceptors (Lipinski definition) is 11. The summed E-state index contributed by atoms with van der Waals surface area (Å²) in [5.41, 5.74) is 4.79. The molecule has 0 amide bonds. The van der Waals surface area contributed by atoms with Crippen molar-refractivity contribution in [3.05, 3.63) is 132 Å². The third kappa shape index (κ3) is 4.51. The first-order valence-corrected chi connectivity index (χ1v) is 13.2. The van der Waals surface area contributed by atoms with E-state index in [-0.39, 0.29) is 34.2 Å². The van der Waals surface area contributed by atoms with Crippen molar-refractivity contribution in [1.29, 1.82) is 5.26 Å². The molecule has 0 fully saturated rings. The molecule has 0 spiro atoms. The van der Waals surface area contributed by atoms with Crippen molar-refractivity contribution in [2.24, 2.45) is 10.1 Å². The normalized spacial score (nSPS) is 11.5. The Kier molecular flexibility index (Phi) is 6.60. The molecule has 1 aliphatic carbocycles. The highest BCUT2D eigenvalue weighted by Gasteiger charge is 2.37. The summed E-state index contributed by atoms with van der Waals surface area (Å²) in [6.45, 7) is 7.66. The van der Waals surface area contributed by atoms with Crippen LogP contribution in [-0.2, 0) is 0 Å². The molecule has 0 aromatic carbocycles. The van der Waals surface area contributed by atoms with Crippen molar-refractivity contribution in [2.45, 2.75) is 0 Å². The fourth-order valence-corrected chi connectivity index (χ4v) is 4.78. The molecule has 7 rings (SSSR count). The quantitative estimate of drug-likeness (QED) is 0.165. The van der Waals surface area contributed by atoms with E-state index in [4.69, 9.17) is 26.5 Å². The SMILES string of the molecule is [C-]#[N+]N=C1c2nc(-c3ccccn3)c(-c3ccccn3)nc2C(=NC#N)c2nc(-c3ccccn3)c(-c3ccccn3)nc21. The average Bonchev–Trinajstić information content (AvgIpc) is 3.10. The Hall–Kier alpha value is -6.92. The lowest BCUT2D eigenvalue weighted by molar-refractivity contribution is 1.07. The molecule has 0 saturated carbocycles. The lowest BCUT2D eigenvalue weighted by atomic mass is 9.94. The molecule has 0 aliphatic heterocycles. The Morgan fingerprint density at radius 3 is 1.11 bits per heavy atom. The zero-order chi connectivity index (χ0) is 29.9. The molecule has 204 valence electrons. The number of aliphatic imine (C=N–C) groups is 1. The number of aromatic nitrogens is 8. The summed E-state index contributed by atoms with van der Waals surface area (Å²) < 4.78 is 0. The second-order valence-electron chi connectivity index (χ2n) is 9.20. The number of fused-ring (bicyclic) bond motifs is 2. The second kappa shape index (κ2) is 11.2. The van der Waals surface area contributed by atoms with Crippen LogP contribution < -0.4 is 0 Å². The zero-order valence-corrected chi connectivity index (χ0v) is 22.6. The van der Waals surface area contributed by atoms with Gasteiger partial charge in [-0.25, -0.2) is 19.9 Å². The predicted octanol–water partition coefficient (Wildman–Crippen LogP) is 4.82. The predicted molar refractivity (Wildman–Crippen MR) is 160 cm³/mol. The number of pyridine rings is 4. The van der Waals surface area contributed by atoms with Gasteiger partial charge in [0.05, 0.1) is 27.9 Å². The monoisotopic (exact) mass is 568 g/mol. The van der Waals surface area contributed by atoms with Gasteiger partial charge in [0, 0.05) is 24.8 Å². The number of hydrogen-bond donors (Lipinski definition) is 0. The van der Waals surface area contributed by atoms with Crippen LogP contribution in [0.5, 0.6) is 0 Å². The lowest BCUT2D eigenvalue weighted by Crippen LogP contribution is -2.29. The first-order chi connectivity index (χ1) is 21.8. The minimum atomic E-state index is 0.121. The molecule has 44 heavy (non-hydrogen) atoms. The fraction of sp³-hybridized carbons (Fsp3) is 0. The maximum absolute atomic E-state index is 9.82. The number of nitriles is 1. The molecule has 0 bridgehead atoms. The molecule has 1 aliphatic rings. The van der Waals surface area contributed by atoms with E-state index < -0.39 is 0 Å². The van der Waals surface area contributed by atoms with Crippen molar-refractivity contribution in [3.63, 3.8) is 0 Å². The molecule has 6 aromatic rings. The van der Waals surface area contributed by atoms with Gasteiger partial charge in [-0.2, -0.15) is 16.8 Å². The summed E-state index contributed by atoms with van der Waals surface area (Å²) >= 11 is 0. The lowest BCUT2D eigenvalue weighted by Gasteiger charge is -2.21. The van der Waals surface area contributed by atoms with Gasteiger partial charge in [-0.15, -0.1) is 4.95 Å². The van der Waals surface area contributed by atoms with Gasteiger partial charge in [-0.05, 0) is 48.5 Å². The number of nitrogens with zero attached hydrogens (tertiary/aromatic N) is 12. The van der Waals surface area contributed by atoms with Crippen molar-refractivity contribution in [3.8, 4) is 51.7 Å². The molecular weight excluding hydrogens is 552 g/mol. The molecule has 0 N–H and O–H groups in total. The van der Waals surface area contributed by atoms with Crippen LogP contribution in [0.3, 0.4) is 0 Å². The van der Waals surface area contributed by atoms with Gasteiger partial charge in [0.15, 0.2) is 0 Å². The minimum Gasteiger partial charge on any atom is -0.255 e. The van der Waals surface area contributed by atoms with E-state index in [1.54, 1.807) is 73.3 Å². The molecule has 12 heteroatoms. The van der Waals surface area contributed by atoms with E-state index in [1.807, 2.05) is 30.5 Å². The highest BCUT2D eigenvalue weighted by atomic mass is 15.2. The van der Waals surface area contributed by atoms with Crippen LogP contribution in [0.15, 0.2) is 108 Å². The summed E-state index contributed by atoms with van der Waals surface area (Å²) in [6, 6.07) is 21.7. The van der Waals surface area contributed by atoms with Crippen molar-refractivity contribution in [1.82, 2.24) is 39.9 Å². The summed E-state index contributed by atoms with van der Waals surface area (Å²) in [5.74, 6) is 0. The van der Waals surface area contributed by atoms with Crippen LogP contribution in [0.4, 0.5) is 0 Å². The van der Waals surface area contributed by atoms with E-state index in [1.165, 1.54) is 0 Å². The molecule has 0 saturated heterocycles. The van der Waals surface area contributed by atoms with Gasteiger partial charge in [0.2, 0.25) is 11.9 Å². The van der Waals surface area contributed by atoms with E-state index in [0.717, 1.165) is 0 Å². The summed E-state index contributed by atoms with van der Waals surface area (Å²) in [5, 5.41) is 13.9. The second-order valence-corrected chi connectivity index (χ2v) is 9.20. The van der Waals surface area contributed by atoms with E-state index >= 15 is 0 Å². The Labute approximate surface area is 250 Å². The maximum atomic E-state index is 9.82. The van der Waals surface area contributed by atoms with Gasteiger partial charge in [0.1, 0.15) is 51.3 Å². The zero-order valence-electron chi connectivity index (χ0n) is 22.6. The molecule has 0 radical (unpaired) electrons. The maximum Gasteiger partial charge on any atom is 0.206 e. The molecule has 0 atom stereocenters. The first-order valence-electron chi connectivity index (χ1n) is 13.2. The Balaban J connectivity index is 1.57. The van der Waals surface area contributed by atoms with Gasteiger partial charge >= 0.3 is 0 Å². The highest BCUT2D eigenvalue weighted by molar-refractivity contribution is 6.29. The van der Waals surface area contributed by atoms with Crippen LogP contribution in [0.2, 0.25) is 0 Å². The standard InChI is InChI=1S/C32H16N12/c1-34-44-32-30-28(40-23(19-10-2-6-14-35-19)25(42-30)21-12-4-8-16-37-21)27(39-18-33)29-31(32)43-26(22-13-5-9-17-38-22)24(41-29)20-11-3-7-15-36-20/h2-17H. The molecule has 0 unspecified atom stereocenters. The molecule has 6 aromatic heterocycles.